The van der Waals surface area contributed by atoms with Crippen LogP contribution in [0.2, 0.25) is 10.0 Å². The quantitative estimate of drug-likeness (QED) is 0.446. The van der Waals surface area contributed by atoms with Gasteiger partial charge in [-0.1, -0.05) is 23.2 Å². The molecule has 0 aliphatic carbocycles. The fourth-order valence-electron chi connectivity index (χ4n) is 2.67. The van der Waals surface area contributed by atoms with Crippen molar-refractivity contribution in [2.75, 3.05) is 5.32 Å². The number of benzene rings is 1. The summed E-state index contributed by atoms with van der Waals surface area (Å²) in [5.74, 6) is 0.973. The zero-order chi connectivity index (χ0) is 19.7. The number of amides is 1. The van der Waals surface area contributed by atoms with E-state index < -0.39 is 0 Å². The van der Waals surface area contributed by atoms with Crippen molar-refractivity contribution >= 4 is 46.3 Å². The number of rotatable bonds is 4. The van der Waals surface area contributed by atoms with Gasteiger partial charge in [0.05, 0.1) is 15.6 Å². The Labute approximate surface area is 174 Å². The minimum absolute atomic E-state index is 0.186. The van der Waals surface area contributed by atoms with Crippen LogP contribution in [0, 0.1) is 0 Å². The van der Waals surface area contributed by atoms with E-state index in [2.05, 4.69) is 20.3 Å². The molecular weight excluding hydrogens is 417 g/mol. The molecule has 4 rings (SSSR count). The molecule has 28 heavy (non-hydrogen) atoms. The van der Waals surface area contributed by atoms with Gasteiger partial charge in [0.1, 0.15) is 16.6 Å². The molecule has 4 aromatic rings. The van der Waals surface area contributed by atoms with Crippen molar-refractivity contribution in [3.05, 3.63) is 59.0 Å². The smallest absolute Gasteiger partial charge is 0.222 e. The summed E-state index contributed by atoms with van der Waals surface area (Å²) in [6.07, 6.45) is 5.07. The molecule has 3 aromatic heterocycles. The predicted octanol–water partition coefficient (Wildman–Crippen LogP) is 5.53. The first-order valence-corrected chi connectivity index (χ1v) is 9.78. The van der Waals surface area contributed by atoms with Crippen LogP contribution in [-0.2, 0) is 4.79 Å². The lowest BCUT2D eigenvalue weighted by Gasteiger charge is -2.04. The minimum Gasteiger partial charge on any atom is -0.344 e. The van der Waals surface area contributed by atoms with E-state index in [0.717, 1.165) is 21.0 Å². The van der Waals surface area contributed by atoms with E-state index in [1.807, 2.05) is 12.1 Å². The number of anilines is 1. The maximum absolute atomic E-state index is 11.3. The Morgan fingerprint density at radius 3 is 2.71 bits per heavy atom. The first kappa shape index (κ1) is 18.6. The number of carbonyl (C=O) groups excluding carboxylic acids is 1. The first-order valence-electron chi connectivity index (χ1n) is 8.21. The fourth-order valence-corrected chi connectivity index (χ4v) is 4.20. The van der Waals surface area contributed by atoms with Crippen LogP contribution in [0.25, 0.3) is 32.5 Å². The van der Waals surface area contributed by atoms with Gasteiger partial charge >= 0.3 is 0 Å². The standard InChI is InChI=1S/C19H13Cl2N5OS/c1-10(27)25-15-8-11(4-5-22-15)19-26-16(13-3-2-12(20)9-14(13)21)17(28-19)18-23-6-7-24-18/h2-9H,1H3,(H,23,24)(H,22,25,27). The Balaban J connectivity index is 1.86. The van der Waals surface area contributed by atoms with Crippen LogP contribution in [0.5, 0.6) is 0 Å². The van der Waals surface area contributed by atoms with Crippen molar-refractivity contribution < 1.29 is 4.79 Å². The number of hydrogen-bond donors (Lipinski definition) is 2. The summed E-state index contributed by atoms with van der Waals surface area (Å²) in [6, 6.07) is 8.91. The van der Waals surface area contributed by atoms with Gasteiger partial charge in [0.15, 0.2) is 0 Å². The molecule has 1 amide bonds. The Morgan fingerprint density at radius 1 is 1.14 bits per heavy atom. The molecule has 0 aliphatic heterocycles. The molecule has 0 fully saturated rings. The maximum Gasteiger partial charge on any atom is 0.222 e. The molecule has 0 atom stereocenters. The molecule has 0 unspecified atom stereocenters. The zero-order valence-electron chi connectivity index (χ0n) is 14.5. The summed E-state index contributed by atoms with van der Waals surface area (Å²) in [5, 5.41) is 4.49. The SMILES string of the molecule is CC(=O)Nc1cc(-c2nc(-c3ccc(Cl)cc3Cl)c(-c3ncc[nH]3)s2)ccn1. The molecule has 0 saturated carbocycles. The van der Waals surface area contributed by atoms with Crippen molar-refractivity contribution in [3.8, 4) is 32.5 Å². The molecule has 0 bridgehead atoms. The summed E-state index contributed by atoms with van der Waals surface area (Å²) in [7, 11) is 0. The van der Waals surface area contributed by atoms with Crippen LogP contribution in [0.3, 0.4) is 0 Å². The van der Waals surface area contributed by atoms with Gasteiger partial charge in [-0.15, -0.1) is 11.3 Å². The predicted molar refractivity (Wildman–Crippen MR) is 113 cm³/mol. The molecular formula is C19H13Cl2N5OS. The number of hydrogen-bond acceptors (Lipinski definition) is 5. The third kappa shape index (κ3) is 3.77. The molecule has 2 N–H and O–H groups in total. The lowest BCUT2D eigenvalue weighted by atomic mass is 10.1. The van der Waals surface area contributed by atoms with Gasteiger partial charge in [-0.3, -0.25) is 4.79 Å². The number of carbonyl (C=O) groups is 1. The lowest BCUT2D eigenvalue weighted by Crippen LogP contribution is -2.07. The van der Waals surface area contributed by atoms with Crippen molar-refractivity contribution in [2.24, 2.45) is 0 Å². The third-order valence-corrected chi connectivity index (χ3v) is 5.50. The third-order valence-electron chi connectivity index (χ3n) is 3.84. The van der Waals surface area contributed by atoms with Crippen molar-refractivity contribution in [1.29, 1.82) is 0 Å². The maximum atomic E-state index is 11.3. The summed E-state index contributed by atoms with van der Waals surface area (Å²) < 4.78 is 0. The van der Waals surface area contributed by atoms with Gasteiger partial charge < -0.3 is 10.3 Å². The number of halogens is 2. The van der Waals surface area contributed by atoms with Crippen LogP contribution in [0.15, 0.2) is 48.9 Å². The van der Waals surface area contributed by atoms with Gasteiger partial charge in [-0.25, -0.2) is 15.0 Å². The van der Waals surface area contributed by atoms with Crippen LogP contribution < -0.4 is 5.32 Å². The largest absolute Gasteiger partial charge is 0.344 e. The second kappa shape index (κ2) is 7.71. The van der Waals surface area contributed by atoms with Crippen LogP contribution >= 0.6 is 34.5 Å². The van der Waals surface area contributed by atoms with Gasteiger partial charge in [0.25, 0.3) is 0 Å². The normalized spacial score (nSPS) is 10.8. The van der Waals surface area contributed by atoms with E-state index in [4.69, 9.17) is 28.2 Å². The Kier molecular flexibility index (Phi) is 5.13. The number of aromatic amines is 1. The van der Waals surface area contributed by atoms with Crippen molar-refractivity contribution in [3.63, 3.8) is 0 Å². The topological polar surface area (TPSA) is 83.6 Å². The Bertz CT molecular complexity index is 1160. The number of nitrogens with zero attached hydrogens (tertiary/aromatic N) is 3. The highest BCUT2D eigenvalue weighted by Crippen LogP contribution is 2.42. The van der Waals surface area contributed by atoms with E-state index in [1.54, 1.807) is 36.8 Å². The number of aromatic nitrogens is 4. The number of H-pyrrole nitrogens is 1. The second-order valence-corrected chi connectivity index (χ2v) is 7.71. The molecule has 3 heterocycles. The molecule has 1 aromatic carbocycles. The summed E-state index contributed by atoms with van der Waals surface area (Å²) in [4.78, 5) is 28.6. The molecule has 0 saturated heterocycles. The zero-order valence-corrected chi connectivity index (χ0v) is 16.9. The van der Waals surface area contributed by atoms with E-state index in [1.165, 1.54) is 18.3 Å². The Morgan fingerprint density at radius 2 is 2.00 bits per heavy atom. The van der Waals surface area contributed by atoms with Gasteiger partial charge in [0.2, 0.25) is 5.91 Å². The molecule has 9 heteroatoms. The highest BCUT2D eigenvalue weighted by Gasteiger charge is 2.20. The summed E-state index contributed by atoms with van der Waals surface area (Å²) in [5.41, 5.74) is 2.29. The summed E-state index contributed by atoms with van der Waals surface area (Å²) in [6.45, 7) is 1.44. The second-order valence-electron chi connectivity index (χ2n) is 5.87. The number of nitrogens with one attached hydrogen (secondary N) is 2. The first-order chi connectivity index (χ1) is 13.5. The van der Waals surface area contributed by atoms with E-state index in [9.17, 15) is 4.79 Å². The van der Waals surface area contributed by atoms with Crippen molar-refractivity contribution in [2.45, 2.75) is 6.92 Å². The minimum atomic E-state index is -0.186. The number of pyridine rings is 1. The lowest BCUT2D eigenvalue weighted by molar-refractivity contribution is -0.114. The molecule has 0 aliphatic rings. The van der Waals surface area contributed by atoms with E-state index >= 15 is 0 Å². The van der Waals surface area contributed by atoms with Crippen molar-refractivity contribution in [1.82, 2.24) is 19.9 Å². The number of thiazole rings is 1. The van der Waals surface area contributed by atoms with E-state index in [-0.39, 0.29) is 5.91 Å². The fraction of sp³-hybridized carbons (Fsp3) is 0.0526. The summed E-state index contributed by atoms with van der Waals surface area (Å²) >= 11 is 13.9. The average Bonchev–Trinajstić information content (AvgIpc) is 3.31. The number of imidazole rings is 1. The molecule has 140 valence electrons. The molecule has 6 nitrogen and oxygen atoms in total. The Hall–Kier alpha value is -2.74. The highest BCUT2D eigenvalue weighted by molar-refractivity contribution is 7.18. The van der Waals surface area contributed by atoms with Gasteiger partial charge in [0, 0.05) is 41.7 Å². The highest BCUT2D eigenvalue weighted by atomic mass is 35.5. The molecule has 0 spiro atoms. The van der Waals surface area contributed by atoms with E-state index in [0.29, 0.717) is 27.4 Å². The van der Waals surface area contributed by atoms with Crippen LogP contribution in [0.4, 0.5) is 5.82 Å². The monoisotopic (exact) mass is 429 g/mol. The van der Waals surface area contributed by atoms with Gasteiger partial charge in [-0.05, 0) is 30.3 Å². The van der Waals surface area contributed by atoms with Crippen LogP contribution in [0.1, 0.15) is 6.92 Å². The average molecular weight is 430 g/mol. The van der Waals surface area contributed by atoms with Crippen LogP contribution in [-0.4, -0.2) is 25.8 Å². The van der Waals surface area contributed by atoms with Gasteiger partial charge in [-0.2, -0.15) is 0 Å². The molecule has 0 radical (unpaired) electrons.